The highest BCUT2D eigenvalue weighted by molar-refractivity contribution is 6.31. The van der Waals surface area contributed by atoms with Crippen LogP contribution in [-0.2, 0) is 22.4 Å². The quantitative estimate of drug-likeness (QED) is 0.724. The van der Waals surface area contributed by atoms with E-state index in [0.717, 1.165) is 29.7 Å². The predicted octanol–water partition coefficient (Wildman–Crippen LogP) is 4.99. The zero-order valence-electron chi connectivity index (χ0n) is 15.8. The highest BCUT2D eigenvalue weighted by atomic mass is 35.5. The third kappa shape index (κ3) is 5.30. The van der Waals surface area contributed by atoms with Gasteiger partial charge in [0.25, 0.3) is 0 Å². The molecule has 0 heterocycles. The number of hydrogen-bond acceptors (Lipinski definition) is 2. The van der Waals surface area contributed by atoms with E-state index in [1.807, 2.05) is 32.0 Å². The molecule has 0 saturated heterocycles. The molecule has 0 aliphatic rings. The Kier molecular flexibility index (Phi) is 7.36. The molecule has 0 aliphatic carbocycles. The number of nitrogens with one attached hydrogen (secondary N) is 1. The van der Waals surface area contributed by atoms with E-state index in [2.05, 4.69) is 5.32 Å². The van der Waals surface area contributed by atoms with Gasteiger partial charge in [-0.05, 0) is 42.2 Å². The fourth-order valence-corrected chi connectivity index (χ4v) is 3.18. The van der Waals surface area contributed by atoms with Crippen molar-refractivity contribution < 1.29 is 14.0 Å². The Morgan fingerprint density at radius 3 is 2.26 bits per heavy atom. The Hall–Kier alpha value is -2.40. The van der Waals surface area contributed by atoms with Crippen molar-refractivity contribution in [2.24, 2.45) is 0 Å². The van der Waals surface area contributed by atoms with Gasteiger partial charge in [-0.15, -0.1) is 0 Å². The summed E-state index contributed by atoms with van der Waals surface area (Å²) in [6, 6.07) is 10.0. The van der Waals surface area contributed by atoms with Crippen LogP contribution in [-0.4, -0.2) is 18.4 Å². The third-order valence-electron chi connectivity index (χ3n) is 4.38. The highest BCUT2D eigenvalue weighted by Gasteiger charge is 2.19. The van der Waals surface area contributed by atoms with Crippen LogP contribution in [0.3, 0.4) is 0 Å². The van der Waals surface area contributed by atoms with Gasteiger partial charge in [0.05, 0.1) is 5.02 Å². The number of anilines is 2. The average Bonchev–Trinajstić information content (AvgIpc) is 2.64. The lowest BCUT2D eigenvalue weighted by Crippen LogP contribution is -2.33. The number of carbonyl (C=O) groups excluding carboxylic acids is 2. The van der Waals surface area contributed by atoms with Gasteiger partial charge in [0, 0.05) is 31.3 Å². The summed E-state index contributed by atoms with van der Waals surface area (Å²) >= 11 is 5.73. The van der Waals surface area contributed by atoms with Crippen LogP contribution in [0.1, 0.15) is 38.3 Å². The summed E-state index contributed by atoms with van der Waals surface area (Å²) in [4.78, 5) is 26.2. The van der Waals surface area contributed by atoms with Crippen LogP contribution < -0.4 is 10.2 Å². The van der Waals surface area contributed by atoms with Crippen molar-refractivity contribution in [1.82, 2.24) is 0 Å². The minimum Gasteiger partial charge on any atom is -0.326 e. The van der Waals surface area contributed by atoms with Crippen LogP contribution in [0.5, 0.6) is 0 Å². The van der Waals surface area contributed by atoms with Crippen LogP contribution in [0, 0.1) is 5.82 Å². The van der Waals surface area contributed by atoms with Crippen molar-refractivity contribution in [3.63, 3.8) is 0 Å². The summed E-state index contributed by atoms with van der Waals surface area (Å²) in [5.74, 6) is -0.917. The zero-order valence-corrected chi connectivity index (χ0v) is 16.6. The van der Waals surface area contributed by atoms with Crippen molar-refractivity contribution in [2.45, 2.75) is 40.0 Å². The lowest BCUT2D eigenvalue weighted by Gasteiger charge is -2.26. The van der Waals surface area contributed by atoms with Crippen molar-refractivity contribution in [3.05, 3.63) is 58.4 Å². The normalized spacial score (nSPS) is 10.6. The first-order valence-electron chi connectivity index (χ1n) is 9.01. The summed E-state index contributed by atoms with van der Waals surface area (Å²) in [5.41, 5.74) is 3.47. The van der Waals surface area contributed by atoms with E-state index in [4.69, 9.17) is 11.6 Å². The van der Waals surface area contributed by atoms with Crippen LogP contribution in [0.25, 0.3) is 0 Å². The van der Waals surface area contributed by atoms with Gasteiger partial charge in [-0.25, -0.2) is 4.39 Å². The van der Waals surface area contributed by atoms with Gasteiger partial charge in [0.1, 0.15) is 5.82 Å². The summed E-state index contributed by atoms with van der Waals surface area (Å²) in [7, 11) is 0. The summed E-state index contributed by atoms with van der Waals surface area (Å²) in [5, 5.41) is 2.63. The van der Waals surface area contributed by atoms with E-state index in [0.29, 0.717) is 5.69 Å². The standard InChI is InChI=1S/C21H24ClFN2O2/c1-4-15-7-6-8-16(5-2)21(15)25(14(3)26)12-11-20(27)24-17-9-10-19(23)18(22)13-17/h6-10,13H,4-5,11-12H2,1-3H3,(H,24,27). The maximum Gasteiger partial charge on any atom is 0.226 e. The van der Waals surface area contributed by atoms with Gasteiger partial charge < -0.3 is 10.2 Å². The number of hydrogen-bond donors (Lipinski definition) is 1. The van der Waals surface area contributed by atoms with E-state index >= 15 is 0 Å². The predicted molar refractivity (Wildman–Crippen MR) is 108 cm³/mol. The molecule has 0 fully saturated rings. The molecule has 0 aromatic heterocycles. The molecule has 6 heteroatoms. The number of rotatable bonds is 7. The smallest absolute Gasteiger partial charge is 0.226 e. The van der Waals surface area contributed by atoms with E-state index in [1.165, 1.54) is 25.1 Å². The maximum atomic E-state index is 13.2. The monoisotopic (exact) mass is 390 g/mol. The van der Waals surface area contributed by atoms with Crippen molar-refractivity contribution in [3.8, 4) is 0 Å². The van der Waals surface area contributed by atoms with Gasteiger partial charge in [0.15, 0.2) is 0 Å². The number of amides is 2. The molecular formula is C21H24ClFN2O2. The van der Waals surface area contributed by atoms with E-state index in [-0.39, 0.29) is 29.8 Å². The molecule has 0 aliphatic heterocycles. The zero-order chi connectivity index (χ0) is 20.0. The SMILES string of the molecule is CCc1cccc(CC)c1N(CCC(=O)Nc1ccc(F)c(Cl)c1)C(C)=O. The number of aryl methyl sites for hydroxylation is 2. The second-order valence-electron chi connectivity index (χ2n) is 6.23. The number of halogens is 2. The molecular weight excluding hydrogens is 367 g/mol. The van der Waals surface area contributed by atoms with Crippen molar-refractivity contribution in [1.29, 1.82) is 0 Å². The molecule has 0 saturated carbocycles. The van der Waals surface area contributed by atoms with Gasteiger partial charge in [-0.2, -0.15) is 0 Å². The molecule has 2 aromatic rings. The summed E-state index contributed by atoms with van der Waals surface area (Å²) in [6.07, 6.45) is 1.72. The molecule has 4 nitrogen and oxygen atoms in total. The van der Waals surface area contributed by atoms with Gasteiger partial charge in [-0.3, -0.25) is 9.59 Å². The molecule has 27 heavy (non-hydrogen) atoms. The first-order valence-corrected chi connectivity index (χ1v) is 9.38. The van der Waals surface area contributed by atoms with E-state index < -0.39 is 5.82 Å². The molecule has 0 spiro atoms. The molecule has 2 amide bonds. The fourth-order valence-electron chi connectivity index (χ4n) is 3.00. The molecule has 1 N–H and O–H groups in total. The minimum absolute atomic E-state index is 0.0531. The van der Waals surface area contributed by atoms with Gasteiger partial charge in [0.2, 0.25) is 11.8 Å². The molecule has 2 rings (SSSR count). The first-order chi connectivity index (χ1) is 12.9. The third-order valence-corrected chi connectivity index (χ3v) is 4.67. The van der Waals surface area contributed by atoms with Crippen LogP contribution in [0.15, 0.2) is 36.4 Å². The van der Waals surface area contributed by atoms with Gasteiger partial charge in [-0.1, -0.05) is 43.6 Å². The Morgan fingerprint density at radius 1 is 1.11 bits per heavy atom. The topological polar surface area (TPSA) is 49.4 Å². The minimum atomic E-state index is -0.541. The molecule has 0 unspecified atom stereocenters. The molecule has 2 aromatic carbocycles. The molecule has 0 bridgehead atoms. The number of para-hydroxylation sites is 1. The summed E-state index contributed by atoms with van der Waals surface area (Å²) in [6.45, 7) is 5.85. The first kappa shape index (κ1) is 20.9. The Balaban J connectivity index is 2.14. The molecule has 0 radical (unpaired) electrons. The van der Waals surface area contributed by atoms with Crippen LogP contribution in [0.2, 0.25) is 5.02 Å². The highest BCUT2D eigenvalue weighted by Crippen LogP contribution is 2.27. The Morgan fingerprint density at radius 2 is 1.74 bits per heavy atom. The van der Waals surface area contributed by atoms with E-state index in [9.17, 15) is 14.0 Å². The Bertz CT molecular complexity index is 817. The average molecular weight is 391 g/mol. The molecule has 144 valence electrons. The van der Waals surface area contributed by atoms with Crippen molar-refractivity contribution >= 4 is 34.8 Å². The van der Waals surface area contributed by atoms with Crippen LogP contribution in [0.4, 0.5) is 15.8 Å². The maximum absolute atomic E-state index is 13.2. The van der Waals surface area contributed by atoms with Gasteiger partial charge >= 0.3 is 0 Å². The van der Waals surface area contributed by atoms with Crippen molar-refractivity contribution in [2.75, 3.05) is 16.8 Å². The second kappa shape index (κ2) is 9.51. The largest absolute Gasteiger partial charge is 0.326 e. The van der Waals surface area contributed by atoms with Crippen LogP contribution >= 0.6 is 11.6 Å². The number of nitrogens with zero attached hydrogens (tertiary/aromatic N) is 1. The lowest BCUT2D eigenvalue weighted by molar-refractivity contribution is -0.117. The fraction of sp³-hybridized carbons (Fsp3) is 0.333. The summed E-state index contributed by atoms with van der Waals surface area (Å²) < 4.78 is 13.2. The number of carbonyl (C=O) groups is 2. The Labute approximate surface area is 164 Å². The number of benzene rings is 2. The lowest BCUT2D eigenvalue weighted by atomic mass is 10.0. The van der Waals surface area contributed by atoms with E-state index in [1.54, 1.807) is 4.90 Å². The molecule has 0 atom stereocenters. The second-order valence-corrected chi connectivity index (χ2v) is 6.64.